The van der Waals surface area contributed by atoms with Crippen LogP contribution in [0.2, 0.25) is 0 Å². The van der Waals surface area contributed by atoms with Crippen LogP contribution in [0.1, 0.15) is 20.8 Å². The number of aromatic nitrogens is 2. The van der Waals surface area contributed by atoms with Gasteiger partial charge in [0.25, 0.3) is 5.56 Å². The summed E-state index contributed by atoms with van der Waals surface area (Å²) in [5, 5.41) is 0. The van der Waals surface area contributed by atoms with Gasteiger partial charge in [-0.3, -0.25) is 9.36 Å². The van der Waals surface area contributed by atoms with Crippen molar-refractivity contribution in [3.05, 3.63) is 16.4 Å². The van der Waals surface area contributed by atoms with E-state index in [1.165, 1.54) is 13.2 Å². The van der Waals surface area contributed by atoms with Crippen molar-refractivity contribution in [3.63, 3.8) is 0 Å². The molecule has 2 aliphatic heterocycles. The third-order valence-electron chi connectivity index (χ3n) is 5.31. The lowest BCUT2D eigenvalue weighted by molar-refractivity contribution is -0.183. The molecule has 1 atom stereocenters. The van der Waals surface area contributed by atoms with Gasteiger partial charge in [0.05, 0.1) is 31.9 Å². The van der Waals surface area contributed by atoms with Crippen LogP contribution in [0.3, 0.4) is 0 Å². The van der Waals surface area contributed by atoms with Crippen molar-refractivity contribution < 1.29 is 22.6 Å². The number of alkyl halides is 3. The van der Waals surface area contributed by atoms with Crippen LogP contribution in [-0.2, 0) is 16.0 Å². The minimum atomic E-state index is -4.55. The summed E-state index contributed by atoms with van der Waals surface area (Å²) in [6.45, 7) is 6.00. The molecule has 0 saturated carbocycles. The number of morpholine rings is 1. The Labute approximate surface area is 155 Å². The fraction of sp³-hybridized carbons (Fsp3) is 0.765. The molecule has 0 aliphatic carbocycles. The first-order valence-electron chi connectivity index (χ1n) is 8.83. The van der Waals surface area contributed by atoms with E-state index in [1.54, 1.807) is 13.8 Å². The van der Waals surface area contributed by atoms with Crippen LogP contribution in [0.4, 0.5) is 24.9 Å². The fourth-order valence-corrected chi connectivity index (χ4v) is 3.34. The molecule has 0 radical (unpaired) electrons. The molecule has 3 heterocycles. The standard InChI is InChI=1S/C17H25F3N4O3/c1-15(2,26-4)10-24-14-21-12(22-5-7-27-8-6-22)9-13(25)23(14)11-16(24,3)17(18,19)20/h9H,5-8,10-11H2,1-4H3. The van der Waals surface area contributed by atoms with Crippen molar-refractivity contribution in [2.45, 2.75) is 44.6 Å². The Morgan fingerprint density at radius 3 is 2.48 bits per heavy atom. The highest BCUT2D eigenvalue weighted by Gasteiger charge is 2.60. The molecule has 1 aromatic rings. The van der Waals surface area contributed by atoms with Gasteiger partial charge >= 0.3 is 6.18 Å². The molecule has 0 spiro atoms. The smallest absolute Gasteiger partial charge is 0.378 e. The molecular weight excluding hydrogens is 365 g/mol. The third kappa shape index (κ3) is 3.52. The van der Waals surface area contributed by atoms with Gasteiger partial charge in [0.1, 0.15) is 5.82 Å². The quantitative estimate of drug-likeness (QED) is 0.779. The predicted octanol–water partition coefficient (Wildman–Crippen LogP) is 1.65. The summed E-state index contributed by atoms with van der Waals surface area (Å²) in [4.78, 5) is 20.1. The van der Waals surface area contributed by atoms with Gasteiger partial charge in [-0.05, 0) is 20.8 Å². The Kier molecular flexibility index (Phi) is 4.92. The molecular formula is C17H25F3N4O3. The van der Waals surface area contributed by atoms with E-state index in [2.05, 4.69) is 4.98 Å². The van der Waals surface area contributed by atoms with Crippen LogP contribution in [0.15, 0.2) is 10.9 Å². The van der Waals surface area contributed by atoms with E-state index in [1.807, 2.05) is 4.90 Å². The number of nitrogens with zero attached hydrogens (tertiary/aromatic N) is 4. The minimum Gasteiger partial charge on any atom is -0.378 e. The lowest BCUT2D eigenvalue weighted by atomic mass is 9.98. The zero-order chi connectivity index (χ0) is 20.0. The first-order valence-corrected chi connectivity index (χ1v) is 8.83. The summed E-state index contributed by atoms with van der Waals surface area (Å²) in [7, 11) is 1.45. The third-order valence-corrected chi connectivity index (χ3v) is 5.31. The van der Waals surface area contributed by atoms with Crippen LogP contribution < -0.4 is 15.4 Å². The number of anilines is 2. The van der Waals surface area contributed by atoms with Gasteiger partial charge in [0, 0.05) is 26.3 Å². The summed E-state index contributed by atoms with van der Waals surface area (Å²) in [5.41, 5.74) is -3.59. The van der Waals surface area contributed by atoms with E-state index < -0.39 is 29.4 Å². The van der Waals surface area contributed by atoms with Gasteiger partial charge in [-0.15, -0.1) is 0 Å². The molecule has 3 rings (SSSR count). The Balaban J connectivity index is 2.09. The van der Waals surface area contributed by atoms with E-state index in [0.717, 1.165) is 16.4 Å². The van der Waals surface area contributed by atoms with Crippen molar-refractivity contribution in [2.75, 3.05) is 49.8 Å². The number of rotatable bonds is 4. The van der Waals surface area contributed by atoms with Crippen molar-refractivity contribution >= 4 is 11.8 Å². The number of hydrogen-bond donors (Lipinski definition) is 0. The molecule has 1 aromatic heterocycles. The number of hydrogen-bond acceptors (Lipinski definition) is 6. The monoisotopic (exact) mass is 390 g/mol. The molecule has 10 heteroatoms. The summed E-state index contributed by atoms with van der Waals surface area (Å²) in [6, 6.07) is 1.30. The Morgan fingerprint density at radius 2 is 1.93 bits per heavy atom. The van der Waals surface area contributed by atoms with Gasteiger partial charge in [0.2, 0.25) is 5.95 Å². The summed E-state index contributed by atoms with van der Waals surface area (Å²) in [5.74, 6) is 0.398. The first-order chi connectivity index (χ1) is 12.5. The van der Waals surface area contributed by atoms with Crippen LogP contribution in [0.5, 0.6) is 0 Å². The maximum atomic E-state index is 14.0. The molecule has 1 fully saturated rings. The normalized spacial score (nSPS) is 23.7. The van der Waals surface area contributed by atoms with Crippen LogP contribution >= 0.6 is 0 Å². The van der Waals surface area contributed by atoms with Gasteiger partial charge in [-0.25, -0.2) is 0 Å². The number of halogens is 3. The highest BCUT2D eigenvalue weighted by molar-refractivity contribution is 5.50. The van der Waals surface area contributed by atoms with Crippen molar-refractivity contribution in [1.29, 1.82) is 0 Å². The maximum absolute atomic E-state index is 14.0. The highest BCUT2D eigenvalue weighted by atomic mass is 19.4. The topological polar surface area (TPSA) is 59.8 Å². The lowest BCUT2D eigenvalue weighted by Crippen LogP contribution is -2.59. The second kappa shape index (κ2) is 6.66. The molecule has 0 amide bonds. The number of fused-ring (bicyclic) bond motifs is 1. The first kappa shape index (κ1) is 19.9. The molecule has 1 unspecified atom stereocenters. The Bertz CT molecular complexity index is 759. The predicted molar refractivity (Wildman–Crippen MR) is 94.4 cm³/mol. The number of ether oxygens (including phenoxy) is 2. The van der Waals surface area contributed by atoms with Crippen LogP contribution in [0, 0.1) is 0 Å². The van der Waals surface area contributed by atoms with Crippen molar-refractivity contribution in [3.8, 4) is 0 Å². The second-order valence-corrected chi connectivity index (χ2v) is 7.76. The average molecular weight is 390 g/mol. The molecule has 0 aromatic carbocycles. The van der Waals surface area contributed by atoms with E-state index in [0.29, 0.717) is 32.1 Å². The Morgan fingerprint density at radius 1 is 1.30 bits per heavy atom. The molecule has 27 heavy (non-hydrogen) atoms. The van der Waals surface area contributed by atoms with Crippen LogP contribution in [0.25, 0.3) is 0 Å². The van der Waals surface area contributed by atoms with Crippen LogP contribution in [-0.4, -0.2) is 66.8 Å². The van der Waals surface area contributed by atoms with Crippen molar-refractivity contribution in [1.82, 2.24) is 9.55 Å². The summed E-state index contributed by atoms with van der Waals surface area (Å²) >= 11 is 0. The van der Waals surface area contributed by atoms with E-state index >= 15 is 0 Å². The minimum absolute atomic E-state index is 0.0222. The fourth-order valence-electron chi connectivity index (χ4n) is 3.34. The maximum Gasteiger partial charge on any atom is 0.413 e. The summed E-state index contributed by atoms with van der Waals surface area (Å²) in [6.07, 6.45) is -4.55. The molecule has 0 bridgehead atoms. The SMILES string of the molecule is COC(C)(C)CN1c2nc(N3CCOCC3)cc(=O)n2CC1(C)C(F)(F)F. The summed E-state index contributed by atoms with van der Waals surface area (Å²) < 4.78 is 53.7. The zero-order valence-electron chi connectivity index (χ0n) is 16.0. The zero-order valence-corrected chi connectivity index (χ0v) is 16.0. The second-order valence-electron chi connectivity index (χ2n) is 7.76. The largest absolute Gasteiger partial charge is 0.413 e. The number of methoxy groups -OCH3 is 1. The van der Waals surface area contributed by atoms with E-state index in [4.69, 9.17) is 9.47 Å². The van der Waals surface area contributed by atoms with Gasteiger partial charge in [-0.2, -0.15) is 18.2 Å². The van der Waals surface area contributed by atoms with E-state index in [9.17, 15) is 18.0 Å². The molecule has 1 saturated heterocycles. The van der Waals surface area contributed by atoms with Gasteiger partial charge in [-0.1, -0.05) is 0 Å². The van der Waals surface area contributed by atoms with Gasteiger partial charge in [0.15, 0.2) is 5.54 Å². The average Bonchev–Trinajstić information content (AvgIpc) is 2.89. The lowest BCUT2D eigenvalue weighted by Gasteiger charge is -2.40. The molecule has 152 valence electrons. The molecule has 2 aliphatic rings. The highest BCUT2D eigenvalue weighted by Crippen LogP contribution is 2.44. The Hall–Kier alpha value is -1.81. The molecule has 7 nitrogen and oxygen atoms in total. The van der Waals surface area contributed by atoms with Gasteiger partial charge < -0.3 is 19.3 Å². The van der Waals surface area contributed by atoms with E-state index in [-0.39, 0.29) is 12.5 Å². The molecule has 0 N–H and O–H groups in total. The van der Waals surface area contributed by atoms with Crippen molar-refractivity contribution in [2.24, 2.45) is 0 Å².